The molecule has 2 aromatic carbocycles. The molecule has 3 N–H and O–H groups in total. The highest BCUT2D eigenvalue weighted by molar-refractivity contribution is 5.90. The maximum Gasteiger partial charge on any atom is 0.408 e. The number of hydrogen-bond donors (Lipinski definition) is 3. The summed E-state index contributed by atoms with van der Waals surface area (Å²) in [6.07, 6.45) is 1.47. The normalized spacial score (nSPS) is 12.8. The predicted octanol–water partition coefficient (Wildman–Crippen LogP) is 4.08. The van der Waals surface area contributed by atoms with Gasteiger partial charge in [0.25, 0.3) is 0 Å². The Balaban J connectivity index is 1.59. The molecule has 0 aliphatic rings. The molecule has 1 aromatic heterocycles. The highest BCUT2D eigenvalue weighted by Gasteiger charge is 2.27. The van der Waals surface area contributed by atoms with Crippen molar-refractivity contribution in [1.82, 2.24) is 10.3 Å². The number of Topliss-reactive ketones (excluding diaryl/α,β-unsaturated/α-hetero) is 1. The third kappa shape index (κ3) is 5.94. The summed E-state index contributed by atoms with van der Waals surface area (Å²) in [4.78, 5) is 39.8. The summed E-state index contributed by atoms with van der Waals surface area (Å²) < 4.78 is 5.17. The number of rotatable bonds is 10. The van der Waals surface area contributed by atoms with Crippen molar-refractivity contribution in [3.8, 4) is 0 Å². The van der Waals surface area contributed by atoms with E-state index >= 15 is 0 Å². The first-order chi connectivity index (χ1) is 15.0. The molecule has 2 atom stereocenters. The molecule has 0 radical (unpaired) electrons. The molecule has 0 saturated carbocycles. The van der Waals surface area contributed by atoms with Gasteiger partial charge in [-0.25, -0.2) is 4.79 Å². The van der Waals surface area contributed by atoms with Gasteiger partial charge in [0.1, 0.15) is 6.61 Å². The van der Waals surface area contributed by atoms with E-state index in [2.05, 4.69) is 10.3 Å². The summed E-state index contributed by atoms with van der Waals surface area (Å²) in [5.41, 5.74) is 2.60. The average molecular weight is 422 g/mol. The quantitative estimate of drug-likeness (QED) is 0.456. The number of carbonyl (C=O) groups is 3. The van der Waals surface area contributed by atoms with Gasteiger partial charge in [-0.1, -0.05) is 55.5 Å². The molecule has 3 aromatic rings. The zero-order chi connectivity index (χ0) is 22.2. The van der Waals surface area contributed by atoms with Crippen LogP contribution in [0, 0.1) is 5.92 Å². The second kappa shape index (κ2) is 10.4. The fourth-order valence-corrected chi connectivity index (χ4v) is 3.52. The maximum atomic E-state index is 12.7. The van der Waals surface area contributed by atoms with E-state index < -0.39 is 24.0 Å². The minimum Gasteiger partial charge on any atom is -0.481 e. The Labute approximate surface area is 180 Å². The lowest BCUT2D eigenvalue weighted by atomic mass is 9.91. The fourth-order valence-electron chi connectivity index (χ4n) is 3.52. The number of nitrogens with one attached hydrogen (secondary N) is 2. The number of ether oxygens (including phenoxy) is 1. The standard InChI is InChI=1S/C24H26N2O5/c1-2-20(26-24(30)31-15-16-8-4-3-5-9-16)22(27)13-17(23(28)29)12-18-14-25-21-11-7-6-10-19(18)21/h3-11,14,17,20,25H,2,12-13,15H2,1H3,(H,26,30)(H,28,29)/t17?,20-/m1/s1. The van der Waals surface area contributed by atoms with Gasteiger partial charge < -0.3 is 20.1 Å². The van der Waals surface area contributed by atoms with E-state index in [0.29, 0.717) is 6.42 Å². The summed E-state index contributed by atoms with van der Waals surface area (Å²) in [6, 6.07) is 16.0. The number of aromatic nitrogens is 1. The fraction of sp³-hybridized carbons (Fsp3) is 0.292. The lowest BCUT2D eigenvalue weighted by Gasteiger charge is -2.18. The Hall–Kier alpha value is -3.61. The van der Waals surface area contributed by atoms with Crippen molar-refractivity contribution in [2.45, 2.75) is 38.8 Å². The van der Waals surface area contributed by atoms with E-state index in [1.54, 1.807) is 13.1 Å². The van der Waals surface area contributed by atoms with Gasteiger partial charge in [0.05, 0.1) is 12.0 Å². The number of carboxylic acids is 1. The van der Waals surface area contributed by atoms with Gasteiger partial charge in [-0.3, -0.25) is 9.59 Å². The Kier molecular flexibility index (Phi) is 7.43. The number of carboxylic acid groups (broad SMARTS) is 1. The van der Waals surface area contributed by atoms with Crippen molar-refractivity contribution in [2.75, 3.05) is 0 Å². The number of H-pyrrole nitrogens is 1. The van der Waals surface area contributed by atoms with Crippen LogP contribution < -0.4 is 5.32 Å². The molecule has 1 heterocycles. The van der Waals surface area contributed by atoms with Gasteiger partial charge in [-0.05, 0) is 30.0 Å². The van der Waals surface area contributed by atoms with E-state index in [4.69, 9.17) is 4.74 Å². The van der Waals surface area contributed by atoms with Gasteiger partial charge in [0, 0.05) is 23.5 Å². The van der Waals surface area contributed by atoms with Crippen molar-refractivity contribution >= 4 is 28.7 Å². The van der Waals surface area contributed by atoms with Crippen LogP contribution in [0.15, 0.2) is 60.8 Å². The predicted molar refractivity (Wildman–Crippen MR) is 117 cm³/mol. The van der Waals surface area contributed by atoms with E-state index in [9.17, 15) is 19.5 Å². The van der Waals surface area contributed by atoms with Crippen molar-refractivity contribution in [3.63, 3.8) is 0 Å². The minimum absolute atomic E-state index is 0.0929. The lowest BCUT2D eigenvalue weighted by molar-refractivity contribution is -0.143. The van der Waals surface area contributed by atoms with E-state index in [0.717, 1.165) is 22.0 Å². The Morgan fingerprint density at radius 2 is 1.77 bits per heavy atom. The van der Waals surface area contributed by atoms with Crippen molar-refractivity contribution in [1.29, 1.82) is 0 Å². The maximum absolute atomic E-state index is 12.7. The highest BCUT2D eigenvalue weighted by atomic mass is 16.5. The van der Waals surface area contributed by atoms with Crippen LogP contribution in [0.3, 0.4) is 0 Å². The molecule has 7 heteroatoms. The number of amides is 1. The number of alkyl carbamates (subject to hydrolysis) is 1. The van der Waals surface area contributed by atoms with Crippen LogP contribution in [-0.2, 0) is 27.4 Å². The SMILES string of the molecule is CC[C@@H](NC(=O)OCc1ccccc1)C(=O)CC(Cc1c[nH]c2ccccc12)C(=O)O. The van der Waals surface area contributed by atoms with Crippen LogP contribution in [0.25, 0.3) is 10.9 Å². The third-order valence-electron chi connectivity index (χ3n) is 5.24. The molecule has 31 heavy (non-hydrogen) atoms. The van der Waals surface area contributed by atoms with E-state index in [1.165, 1.54) is 0 Å². The summed E-state index contributed by atoms with van der Waals surface area (Å²) in [7, 11) is 0. The summed E-state index contributed by atoms with van der Waals surface area (Å²) in [6.45, 7) is 1.85. The first-order valence-electron chi connectivity index (χ1n) is 10.3. The molecule has 0 aliphatic heterocycles. The molecule has 0 saturated heterocycles. The molecule has 0 spiro atoms. The van der Waals surface area contributed by atoms with Gasteiger partial charge in [-0.15, -0.1) is 0 Å². The number of carbonyl (C=O) groups excluding carboxylic acids is 2. The smallest absolute Gasteiger partial charge is 0.408 e. The Bertz CT molecular complexity index is 1040. The molecule has 1 unspecified atom stereocenters. The number of fused-ring (bicyclic) bond motifs is 1. The second-order valence-electron chi connectivity index (χ2n) is 7.44. The van der Waals surface area contributed by atoms with Gasteiger partial charge in [0.2, 0.25) is 0 Å². The number of ketones is 1. The summed E-state index contributed by atoms with van der Waals surface area (Å²) in [5.74, 6) is -2.26. The molecule has 0 fully saturated rings. The third-order valence-corrected chi connectivity index (χ3v) is 5.24. The number of aliphatic carboxylic acids is 1. The number of hydrogen-bond acceptors (Lipinski definition) is 4. The van der Waals surface area contributed by atoms with Crippen LogP contribution in [0.2, 0.25) is 0 Å². The molecule has 7 nitrogen and oxygen atoms in total. The Morgan fingerprint density at radius 1 is 1.06 bits per heavy atom. The van der Waals surface area contributed by atoms with Crippen LogP contribution in [0.1, 0.15) is 30.9 Å². The topological polar surface area (TPSA) is 108 Å². The summed E-state index contributed by atoms with van der Waals surface area (Å²) in [5, 5.41) is 13.2. The molecule has 0 bridgehead atoms. The van der Waals surface area contributed by atoms with Crippen LogP contribution in [0.5, 0.6) is 0 Å². The lowest BCUT2D eigenvalue weighted by Crippen LogP contribution is -2.42. The van der Waals surface area contributed by atoms with Crippen LogP contribution >= 0.6 is 0 Å². The van der Waals surface area contributed by atoms with Crippen molar-refractivity contribution in [3.05, 3.63) is 71.9 Å². The van der Waals surface area contributed by atoms with Gasteiger partial charge in [-0.2, -0.15) is 0 Å². The zero-order valence-corrected chi connectivity index (χ0v) is 17.3. The van der Waals surface area contributed by atoms with Crippen molar-refractivity contribution in [2.24, 2.45) is 5.92 Å². The number of benzene rings is 2. The Morgan fingerprint density at radius 3 is 2.48 bits per heavy atom. The molecule has 3 rings (SSSR count). The van der Waals surface area contributed by atoms with Gasteiger partial charge >= 0.3 is 12.1 Å². The van der Waals surface area contributed by atoms with E-state index in [1.807, 2.05) is 54.6 Å². The molecular weight excluding hydrogens is 396 g/mol. The summed E-state index contributed by atoms with van der Waals surface area (Å²) >= 11 is 0. The highest BCUT2D eigenvalue weighted by Crippen LogP contribution is 2.23. The van der Waals surface area contributed by atoms with Crippen LogP contribution in [0.4, 0.5) is 4.79 Å². The molecular formula is C24H26N2O5. The minimum atomic E-state index is -1.04. The van der Waals surface area contributed by atoms with Crippen LogP contribution in [-0.4, -0.2) is 34.0 Å². The largest absolute Gasteiger partial charge is 0.481 e. The first-order valence-corrected chi connectivity index (χ1v) is 10.3. The second-order valence-corrected chi connectivity index (χ2v) is 7.44. The van der Waals surface area contributed by atoms with Gasteiger partial charge in [0.15, 0.2) is 5.78 Å². The molecule has 162 valence electrons. The van der Waals surface area contributed by atoms with E-state index in [-0.39, 0.29) is 25.2 Å². The average Bonchev–Trinajstić information content (AvgIpc) is 3.19. The monoisotopic (exact) mass is 422 g/mol. The number of aromatic amines is 1. The van der Waals surface area contributed by atoms with Crippen molar-refractivity contribution < 1.29 is 24.2 Å². The molecule has 0 aliphatic carbocycles. The zero-order valence-electron chi connectivity index (χ0n) is 17.3. The number of para-hydroxylation sites is 1. The molecule has 1 amide bonds. The first kappa shape index (κ1) is 22.1.